The molecule has 2 aromatic rings. The molecule has 21 heavy (non-hydrogen) atoms. The maximum atomic E-state index is 12.4. The van der Waals surface area contributed by atoms with Gasteiger partial charge in [-0.15, -0.1) is 0 Å². The quantitative estimate of drug-likeness (QED) is 0.869. The van der Waals surface area contributed by atoms with Crippen molar-refractivity contribution in [1.29, 1.82) is 0 Å². The maximum absolute atomic E-state index is 12.4. The second-order valence-corrected chi connectivity index (χ2v) is 5.49. The van der Waals surface area contributed by atoms with Crippen LogP contribution in [0.25, 0.3) is 0 Å². The van der Waals surface area contributed by atoms with Crippen LogP contribution in [0.4, 0.5) is 0 Å². The summed E-state index contributed by atoms with van der Waals surface area (Å²) in [6, 6.07) is 12.3. The summed E-state index contributed by atoms with van der Waals surface area (Å²) < 4.78 is 5.30. The fourth-order valence-corrected chi connectivity index (χ4v) is 2.69. The van der Waals surface area contributed by atoms with Crippen molar-refractivity contribution < 1.29 is 9.21 Å². The molecule has 1 aliphatic heterocycles. The van der Waals surface area contributed by atoms with E-state index < -0.39 is 0 Å². The minimum absolute atomic E-state index is 0.0110. The lowest BCUT2D eigenvalue weighted by atomic mass is 10.2. The van der Waals surface area contributed by atoms with Gasteiger partial charge in [-0.2, -0.15) is 0 Å². The maximum Gasteiger partial charge on any atom is 0.289 e. The average Bonchev–Trinajstić information content (AvgIpc) is 2.94. The Morgan fingerprint density at radius 1 is 1.10 bits per heavy atom. The van der Waals surface area contributed by atoms with Crippen LogP contribution in [-0.2, 0) is 6.54 Å². The Kier molecular flexibility index (Phi) is 4.06. The summed E-state index contributed by atoms with van der Waals surface area (Å²) in [5.74, 6) is 0.489. The van der Waals surface area contributed by atoms with Gasteiger partial charge in [0.05, 0.1) is 6.26 Å². The van der Waals surface area contributed by atoms with Gasteiger partial charge in [-0.25, -0.2) is 0 Å². The van der Waals surface area contributed by atoms with Crippen molar-refractivity contribution in [3.05, 3.63) is 59.5 Å². The number of rotatable bonds is 3. The van der Waals surface area contributed by atoms with Gasteiger partial charge in [0, 0.05) is 38.3 Å². The van der Waals surface area contributed by atoms with E-state index in [1.807, 2.05) is 24.0 Å². The van der Waals surface area contributed by atoms with E-state index in [9.17, 15) is 4.79 Å². The molecule has 1 aliphatic rings. The molecule has 1 aromatic heterocycles. The monoisotopic (exact) mass is 284 g/mol. The molecule has 0 unspecified atom stereocenters. The lowest BCUT2D eigenvalue weighted by Crippen LogP contribution is -2.48. The van der Waals surface area contributed by atoms with E-state index in [0.29, 0.717) is 5.76 Å². The van der Waals surface area contributed by atoms with Gasteiger partial charge >= 0.3 is 0 Å². The molecule has 0 N–H and O–H groups in total. The highest BCUT2D eigenvalue weighted by molar-refractivity contribution is 5.92. The van der Waals surface area contributed by atoms with Crippen LogP contribution in [0.2, 0.25) is 0 Å². The molecular weight excluding hydrogens is 264 g/mol. The largest absolute Gasteiger partial charge is 0.459 e. The molecule has 4 heteroatoms. The van der Waals surface area contributed by atoms with E-state index >= 15 is 0 Å². The summed E-state index contributed by atoms with van der Waals surface area (Å²) >= 11 is 0. The highest BCUT2D eigenvalue weighted by Gasteiger charge is 2.24. The first-order valence-corrected chi connectivity index (χ1v) is 7.33. The van der Waals surface area contributed by atoms with Crippen molar-refractivity contribution in [3.8, 4) is 0 Å². The fraction of sp³-hybridized carbons (Fsp3) is 0.353. The zero-order chi connectivity index (χ0) is 14.7. The predicted molar refractivity (Wildman–Crippen MR) is 81.1 cm³/mol. The number of benzene rings is 1. The summed E-state index contributed by atoms with van der Waals surface area (Å²) in [5, 5.41) is 0. The summed E-state index contributed by atoms with van der Waals surface area (Å²) in [4.78, 5) is 16.6. The SMILES string of the molecule is Cc1ccoc1C(=O)N1CCN(Cc2ccccc2)CC1. The predicted octanol–water partition coefficient (Wildman–Crippen LogP) is 2.55. The van der Waals surface area contributed by atoms with Crippen molar-refractivity contribution >= 4 is 5.91 Å². The van der Waals surface area contributed by atoms with Crippen LogP contribution in [0.3, 0.4) is 0 Å². The van der Waals surface area contributed by atoms with Gasteiger partial charge in [0.15, 0.2) is 5.76 Å². The van der Waals surface area contributed by atoms with Gasteiger partial charge < -0.3 is 9.32 Å². The number of aryl methyl sites for hydroxylation is 1. The Bertz CT molecular complexity index is 598. The molecule has 0 atom stereocenters. The first-order valence-electron chi connectivity index (χ1n) is 7.33. The van der Waals surface area contributed by atoms with Crippen LogP contribution in [-0.4, -0.2) is 41.9 Å². The molecule has 1 aromatic carbocycles. The molecule has 0 aliphatic carbocycles. The highest BCUT2D eigenvalue weighted by Crippen LogP contribution is 2.15. The summed E-state index contributed by atoms with van der Waals surface area (Å²) in [7, 11) is 0. The van der Waals surface area contributed by atoms with Gasteiger partial charge in [-0.05, 0) is 18.6 Å². The summed E-state index contributed by atoms with van der Waals surface area (Å²) in [6.45, 7) is 6.17. The van der Waals surface area contributed by atoms with Crippen molar-refractivity contribution in [3.63, 3.8) is 0 Å². The minimum atomic E-state index is 0.0110. The molecule has 1 saturated heterocycles. The van der Waals surface area contributed by atoms with Crippen molar-refractivity contribution in [1.82, 2.24) is 9.80 Å². The van der Waals surface area contributed by atoms with E-state index in [1.54, 1.807) is 6.26 Å². The first kappa shape index (κ1) is 13.9. The van der Waals surface area contributed by atoms with E-state index in [2.05, 4.69) is 29.2 Å². The standard InChI is InChI=1S/C17H20N2O2/c1-14-7-12-21-16(14)17(20)19-10-8-18(9-11-19)13-15-5-3-2-4-6-15/h2-7,12H,8-11,13H2,1H3. The number of carbonyl (C=O) groups is 1. The molecule has 1 amide bonds. The molecule has 0 bridgehead atoms. The van der Waals surface area contributed by atoms with Crippen LogP contribution in [0.5, 0.6) is 0 Å². The van der Waals surface area contributed by atoms with Gasteiger partial charge in [0.1, 0.15) is 0 Å². The van der Waals surface area contributed by atoms with Gasteiger partial charge in [-0.3, -0.25) is 9.69 Å². The highest BCUT2D eigenvalue weighted by atomic mass is 16.3. The number of furan rings is 1. The number of amides is 1. The number of nitrogens with zero attached hydrogens (tertiary/aromatic N) is 2. The zero-order valence-electron chi connectivity index (χ0n) is 12.3. The number of hydrogen-bond acceptors (Lipinski definition) is 3. The van der Waals surface area contributed by atoms with Crippen LogP contribution in [0.15, 0.2) is 47.1 Å². The molecule has 4 nitrogen and oxygen atoms in total. The zero-order valence-corrected chi connectivity index (χ0v) is 12.3. The summed E-state index contributed by atoms with van der Waals surface area (Å²) in [5.41, 5.74) is 2.23. The number of hydrogen-bond donors (Lipinski definition) is 0. The van der Waals surface area contributed by atoms with Crippen molar-refractivity contribution in [2.24, 2.45) is 0 Å². The Balaban J connectivity index is 1.56. The Morgan fingerprint density at radius 2 is 1.81 bits per heavy atom. The van der Waals surface area contributed by atoms with Crippen LogP contribution < -0.4 is 0 Å². The van der Waals surface area contributed by atoms with Crippen LogP contribution in [0, 0.1) is 6.92 Å². The second-order valence-electron chi connectivity index (χ2n) is 5.49. The lowest BCUT2D eigenvalue weighted by molar-refractivity contribution is 0.0597. The normalized spacial score (nSPS) is 16.1. The molecule has 0 spiro atoms. The van der Waals surface area contributed by atoms with Gasteiger partial charge in [0.25, 0.3) is 5.91 Å². The fourth-order valence-electron chi connectivity index (χ4n) is 2.69. The molecule has 1 fully saturated rings. The third-order valence-electron chi connectivity index (χ3n) is 3.96. The molecule has 0 saturated carbocycles. The van der Waals surface area contributed by atoms with Crippen LogP contribution >= 0.6 is 0 Å². The molecule has 110 valence electrons. The first-order chi connectivity index (χ1) is 10.2. The van der Waals surface area contributed by atoms with E-state index in [0.717, 1.165) is 38.3 Å². The second kappa shape index (κ2) is 6.14. The topological polar surface area (TPSA) is 36.7 Å². The number of carbonyl (C=O) groups excluding carboxylic acids is 1. The third-order valence-corrected chi connectivity index (χ3v) is 3.96. The Morgan fingerprint density at radius 3 is 2.43 bits per heavy atom. The lowest BCUT2D eigenvalue weighted by Gasteiger charge is -2.34. The van der Waals surface area contributed by atoms with Gasteiger partial charge in [0.2, 0.25) is 0 Å². The van der Waals surface area contributed by atoms with Crippen molar-refractivity contribution in [2.45, 2.75) is 13.5 Å². The Hall–Kier alpha value is -2.07. The molecule has 0 radical (unpaired) electrons. The summed E-state index contributed by atoms with van der Waals surface area (Å²) in [6.07, 6.45) is 1.58. The minimum Gasteiger partial charge on any atom is -0.459 e. The third kappa shape index (κ3) is 3.16. The van der Waals surface area contributed by atoms with Crippen molar-refractivity contribution in [2.75, 3.05) is 26.2 Å². The molecule has 3 rings (SSSR count). The van der Waals surface area contributed by atoms with E-state index in [1.165, 1.54) is 5.56 Å². The number of piperazine rings is 1. The molecular formula is C17H20N2O2. The van der Waals surface area contributed by atoms with Gasteiger partial charge in [-0.1, -0.05) is 30.3 Å². The molecule has 2 heterocycles. The Labute approximate surface area is 125 Å². The van der Waals surface area contributed by atoms with E-state index in [4.69, 9.17) is 4.42 Å². The van der Waals surface area contributed by atoms with Crippen LogP contribution in [0.1, 0.15) is 21.7 Å². The average molecular weight is 284 g/mol. The van der Waals surface area contributed by atoms with E-state index in [-0.39, 0.29) is 5.91 Å². The smallest absolute Gasteiger partial charge is 0.289 e.